The van der Waals surface area contributed by atoms with Gasteiger partial charge in [0.15, 0.2) is 0 Å². The fourth-order valence-electron chi connectivity index (χ4n) is 2.46. The summed E-state index contributed by atoms with van der Waals surface area (Å²) in [6.07, 6.45) is 0. The molecule has 0 aliphatic carbocycles. The third-order valence-corrected chi connectivity index (χ3v) is 4.76. The van der Waals surface area contributed by atoms with E-state index in [1.54, 1.807) is 36.7 Å². The Kier molecular flexibility index (Phi) is 4.27. The Hall–Kier alpha value is -1.95. The Balaban J connectivity index is 2.57. The van der Waals surface area contributed by atoms with Crippen LogP contribution in [0, 0.1) is 20.8 Å². The topological polar surface area (TPSA) is 72.2 Å². The molecule has 6 heteroatoms. The highest BCUT2D eigenvalue weighted by Gasteiger charge is 2.22. The van der Waals surface area contributed by atoms with Crippen LogP contribution in [0.3, 0.4) is 0 Å². The first-order valence-corrected chi connectivity index (χ1v) is 7.54. The van der Waals surface area contributed by atoms with Gasteiger partial charge in [-0.3, -0.25) is 9.36 Å². The Morgan fingerprint density at radius 2 is 2.10 bits per heavy atom. The zero-order valence-corrected chi connectivity index (χ0v) is 13.3. The number of rotatable bonds is 4. The number of thiophene rings is 1. The van der Waals surface area contributed by atoms with E-state index in [1.165, 1.54) is 0 Å². The van der Waals surface area contributed by atoms with Crippen molar-refractivity contribution in [2.24, 2.45) is 0 Å². The van der Waals surface area contributed by atoms with E-state index in [0.29, 0.717) is 23.5 Å². The van der Waals surface area contributed by atoms with Gasteiger partial charge in [0.2, 0.25) is 0 Å². The van der Waals surface area contributed by atoms with Gasteiger partial charge in [0.1, 0.15) is 0 Å². The fraction of sp³-hybridized carbons (Fsp3) is 0.400. The summed E-state index contributed by atoms with van der Waals surface area (Å²) in [5.74, 6) is -1.60. The molecular weight excluding hydrogens is 288 g/mol. The maximum absolute atomic E-state index is 12.2. The minimum Gasteiger partial charge on any atom is -0.481 e. The molecule has 0 aromatic carbocycles. The summed E-state index contributed by atoms with van der Waals surface area (Å²) in [6.45, 7) is 7.51. The van der Waals surface area contributed by atoms with Crippen molar-refractivity contribution in [1.29, 1.82) is 0 Å². The average molecular weight is 306 g/mol. The van der Waals surface area contributed by atoms with E-state index in [1.807, 2.05) is 18.4 Å². The molecule has 21 heavy (non-hydrogen) atoms. The van der Waals surface area contributed by atoms with Crippen molar-refractivity contribution in [3.63, 3.8) is 0 Å². The number of carboxylic acids is 1. The molecule has 0 aliphatic heterocycles. The zero-order valence-electron chi connectivity index (χ0n) is 12.5. The Morgan fingerprint density at radius 1 is 1.43 bits per heavy atom. The molecular formula is C15H18N2O3S. The predicted molar refractivity (Wildman–Crippen MR) is 82.2 cm³/mol. The van der Waals surface area contributed by atoms with E-state index in [4.69, 9.17) is 0 Å². The fourth-order valence-corrected chi connectivity index (χ4v) is 3.35. The lowest BCUT2D eigenvalue weighted by atomic mass is 9.98. The van der Waals surface area contributed by atoms with E-state index >= 15 is 0 Å². The van der Waals surface area contributed by atoms with Crippen LogP contribution in [0.15, 0.2) is 16.2 Å². The van der Waals surface area contributed by atoms with E-state index in [9.17, 15) is 14.7 Å². The van der Waals surface area contributed by atoms with E-state index in [2.05, 4.69) is 4.98 Å². The van der Waals surface area contributed by atoms with Crippen LogP contribution in [0.4, 0.5) is 0 Å². The molecule has 2 aromatic rings. The van der Waals surface area contributed by atoms with Crippen molar-refractivity contribution in [1.82, 2.24) is 9.55 Å². The SMILES string of the molecule is Cc1ccsc1Cn1c(C)c(C(C)C(=O)O)c(C)nc1=O. The molecule has 0 saturated carbocycles. The van der Waals surface area contributed by atoms with Crippen LogP contribution in [-0.4, -0.2) is 20.6 Å². The minimum atomic E-state index is -0.916. The number of aliphatic carboxylic acids is 1. The third kappa shape index (κ3) is 2.90. The number of hydrogen-bond acceptors (Lipinski definition) is 4. The second kappa shape index (κ2) is 5.81. The Morgan fingerprint density at radius 3 is 2.62 bits per heavy atom. The molecule has 0 amide bonds. The molecule has 0 fully saturated rings. The van der Waals surface area contributed by atoms with E-state index in [0.717, 1.165) is 10.4 Å². The summed E-state index contributed by atoms with van der Waals surface area (Å²) in [4.78, 5) is 28.5. The van der Waals surface area contributed by atoms with Gasteiger partial charge in [-0.2, -0.15) is 4.98 Å². The Bertz CT molecular complexity index is 746. The lowest BCUT2D eigenvalue weighted by Gasteiger charge is -2.17. The molecule has 0 bridgehead atoms. The smallest absolute Gasteiger partial charge is 0.348 e. The number of aryl methyl sites for hydroxylation is 2. The van der Waals surface area contributed by atoms with Gasteiger partial charge in [-0.05, 0) is 44.7 Å². The summed E-state index contributed by atoms with van der Waals surface area (Å²) < 4.78 is 1.56. The molecule has 1 atom stereocenters. The van der Waals surface area contributed by atoms with Crippen LogP contribution >= 0.6 is 11.3 Å². The van der Waals surface area contributed by atoms with Gasteiger partial charge in [-0.15, -0.1) is 11.3 Å². The van der Waals surface area contributed by atoms with Crippen LogP contribution in [0.25, 0.3) is 0 Å². The highest BCUT2D eigenvalue weighted by atomic mass is 32.1. The first-order valence-electron chi connectivity index (χ1n) is 6.66. The second-order valence-corrected chi connectivity index (χ2v) is 6.15. The van der Waals surface area contributed by atoms with Gasteiger partial charge in [0.25, 0.3) is 0 Å². The number of carbonyl (C=O) groups is 1. The maximum atomic E-state index is 12.2. The predicted octanol–water partition coefficient (Wildman–Crippen LogP) is 2.47. The molecule has 1 N–H and O–H groups in total. The van der Waals surface area contributed by atoms with Crippen molar-refractivity contribution in [3.05, 3.63) is 49.3 Å². The number of nitrogens with zero attached hydrogens (tertiary/aromatic N) is 2. The molecule has 0 saturated heterocycles. The first kappa shape index (κ1) is 15.4. The lowest BCUT2D eigenvalue weighted by molar-refractivity contribution is -0.138. The standard InChI is InChI=1S/C15H18N2O3S/c1-8-5-6-21-12(8)7-17-11(4)13(9(2)14(18)19)10(3)16-15(17)20/h5-6,9H,7H2,1-4H3,(H,18,19). The van der Waals surface area contributed by atoms with Crippen LogP contribution in [0.5, 0.6) is 0 Å². The largest absolute Gasteiger partial charge is 0.481 e. The van der Waals surface area contributed by atoms with E-state index in [-0.39, 0.29) is 5.69 Å². The van der Waals surface area contributed by atoms with Crippen LogP contribution in [0.2, 0.25) is 0 Å². The normalized spacial score (nSPS) is 12.4. The molecule has 112 valence electrons. The van der Waals surface area contributed by atoms with Gasteiger partial charge < -0.3 is 5.11 Å². The van der Waals surface area contributed by atoms with Crippen molar-refractivity contribution in [2.75, 3.05) is 0 Å². The molecule has 1 unspecified atom stereocenters. The highest BCUT2D eigenvalue weighted by Crippen LogP contribution is 2.23. The Labute approximate surface area is 126 Å². The number of carboxylic acid groups (broad SMARTS) is 1. The second-order valence-electron chi connectivity index (χ2n) is 5.15. The van der Waals surface area contributed by atoms with Gasteiger partial charge in [-0.25, -0.2) is 4.79 Å². The van der Waals surface area contributed by atoms with Crippen LogP contribution in [-0.2, 0) is 11.3 Å². The molecule has 0 spiro atoms. The van der Waals surface area contributed by atoms with Gasteiger partial charge in [-0.1, -0.05) is 0 Å². The molecule has 0 aliphatic rings. The van der Waals surface area contributed by atoms with Crippen molar-refractivity contribution >= 4 is 17.3 Å². The van der Waals surface area contributed by atoms with Crippen LogP contribution < -0.4 is 5.69 Å². The first-order chi connectivity index (χ1) is 9.82. The third-order valence-electron chi connectivity index (χ3n) is 3.75. The molecule has 0 radical (unpaired) electrons. The maximum Gasteiger partial charge on any atom is 0.348 e. The average Bonchev–Trinajstić information content (AvgIpc) is 2.79. The quantitative estimate of drug-likeness (QED) is 0.942. The van der Waals surface area contributed by atoms with Gasteiger partial charge >= 0.3 is 11.7 Å². The minimum absolute atomic E-state index is 0.334. The molecule has 2 heterocycles. The summed E-state index contributed by atoms with van der Waals surface area (Å²) in [6, 6.07) is 2.00. The van der Waals surface area contributed by atoms with Crippen LogP contribution in [0.1, 0.15) is 40.2 Å². The van der Waals surface area contributed by atoms with Gasteiger partial charge in [0.05, 0.1) is 12.5 Å². The van der Waals surface area contributed by atoms with Crippen molar-refractivity contribution in [3.8, 4) is 0 Å². The zero-order chi connectivity index (χ0) is 15.7. The summed E-state index contributed by atoms with van der Waals surface area (Å²) in [5, 5.41) is 11.2. The lowest BCUT2D eigenvalue weighted by Crippen LogP contribution is -2.29. The van der Waals surface area contributed by atoms with Crippen molar-refractivity contribution in [2.45, 2.75) is 40.2 Å². The van der Waals surface area contributed by atoms with Crippen molar-refractivity contribution < 1.29 is 9.90 Å². The number of aromatic nitrogens is 2. The summed E-state index contributed by atoms with van der Waals surface area (Å²) in [7, 11) is 0. The number of hydrogen-bond donors (Lipinski definition) is 1. The summed E-state index contributed by atoms with van der Waals surface area (Å²) in [5.41, 5.74) is 2.58. The van der Waals surface area contributed by atoms with E-state index < -0.39 is 11.9 Å². The monoisotopic (exact) mass is 306 g/mol. The highest BCUT2D eigenvalue weighted by molar-refractivity contribution is 7.10. The molecule has 2 aromatic heterocycles. The summed E-state index contributed by atoms with van der Waals surface area (Å²) >= 11 is 1.58. The molecule has 2 rings (SSSR count). The van der Waals surface area contributed by atoms with Gasteiger partial charge in [0, 0.05) is 21.8 Å². The molecule has 5 nitrogen and oxygen atoms in total.